The monoisotopic (exact) mass is 394 g/mol. The highest BCUT2D eigenvalue weighted by Gasteiger charge is 2.23. The molecule has 2 aromatic carbocycles. The van der Waals surface area contributed by atoms with Crippen LogP contribution in [0.2, 0.25) is 0 Å². The number of hydrogen-bond donors (Lipinski definition) is 0. The molecule has 0 spiro atoms. The second-order valence-electron chi connectivity index (χ2n) is 7.39. The van der Waals surface area contributed by atoms with Crippen LogP contribution < -0.4 is 9.47 Å². The first-order chi connectivity index (χ1) is 14.0. The summed E-state index contributed by atoms with van der Waals surface area (Å²) in [6.07, 6.45) is 2.98. The Labute approximate surface area is 172 Å². The van der Waals surface area contributed by atoms with Crippen LogP contribution in [0.5, 0.6) is 11.5 Å². The van der Waals surface area contributed by atoms with E-state index in [9.17, 15) is 9.65 Å². The molecule has 0 aromatic heterocycles. The minimum atomic E-state index is -0.192. The molecule has 0 atom stereocenters. The van der Waals surface area contributed by atoms with Crippen molar-refractivity contribution >= 4 is 5.57 Å². The maximum absolute atomic E-state index is 13.0. The normalized spacial score (nSPS) is 15.0. The van der Waals surface area contributed by atoms with Crippen LogP contribution in [0, 0.1) is 23.1 Å². The number of hydrogen-bond acceptors (Lipinski definition) is 4. The molecule has 1 aliphatic rings. The fraction of sp³-hybridized carbons (Fsp3) is 0.375. The molecule has 0 amide bonds. The third kappa shape index (κ3) is 4.96. The van der Waals surface area contributed by atoms with E-state index in [1.165, 1.54) is 19.2 Å². The first-order valence-electron chi connectivity index (χ1n) is 9.87. The van der Waals surface area contributed by atoms with E-state index < -0.39 is 0 Å². The summed E-state index contributed by atoms with van der Waals surface area (Å²) in [7, 11) is 3.11. The molecule has 0 saturated carbocycles. The van der Waals surface area contributed by atoms with Crippen molar-refractivity contribution in [1.29, 1.82) is 5.26 Å². The molecule has 29 heavy (non-hydrogen) atoms. The Morgan fingerprint density at radius 2 is 1.86 bits per heavy atom. The smallest absolute Gasteiger partial charge is 0.178 e. The predicted octanol–water partition coefficient (Wildman–Crippen LogP) is 4.68. The lowest BCUT2D eigenvalue weighted by atomic mass is 9.85. The summed E-state index contributed by atoms with van der Waals surface area (Å²) < 4.78 is 23.8. The van der Waals surface area contributed by atoms with Gasteiger partial charge in [-0.3, -0.25) is 0 Å². The second-order valence-corrected chi connectivity index (χ2v) is 7.39. The minimum absolute atomic E-state index is 0.192. The van der Waals surface area contributed by atoms with E-state index in [-0.39, 0.29) is 5.82 Å². The van der Waals surface area contributed by atoms with Crippen molar-refractivity contribution in [3.8, 4) is 17.6 Å². The van der Waals surface area contributed by atoms with E-state index in [4.69, 9.17) is 9.47 Å². The lowest BCUT2D eigenvalue weighted by Crippen LogP contribution is -2.35. The molecule has 0 bridgehead atoms. The highest BCUT2D eigenvalue weighted by atomic mass is 19.1. The molecule has 1 aliphatic heterocycles. The molecular weight excluding hydrogens is 367 g/mol. The summed E-state index contributed by atoms with van der Waals surface area (Å²) in [5.74, 6) is 1.20. The highest BCUT2D eigenvalue weighted by Crippen LogP contribution is 2.38. The Morgan fingerprint density at radius 1 is 1.17 bits per heavy atom. The summed E-state index contributed by atoms with van der Waals surface area (Å²) in [5, 5.41) is 9.45. The number of rotatable bonds is 7. The van der Waals surface area contributed by atoms with Crippen molar-refractivity contribution in [3.63, 3.8) is 0 Å². The lowest BCUT2D eigenvalue weighted by Gasteiger charge is -2.33. The SMILES string of the molecule is C=C(c1cc(C#N)c(OC)c(OC)c1)C1CCN(CCc2ccc(F)cc2)CC1. The Balaban J connectivity index is 1.60. The van der Waals surface area contributed by atoms with Crippen molar-refractivity contribution in [2.24, 2.45) is 5.92 Å². The fourth-order valence-electron chi connectivity index (χ4n) is 3.91. The number of halogens is 1. The number of piperidine rings is 1. The maximum atomic E-state index is 13.0. The van der Waals surface area contributed by atoms with Gasteiger partial charge in [0.05, 0.1) is 19.8 Å². The Bertz CT molecular complexity index is 894. The van der Waals surface area contributed by atoms with E-state index in [0.717, 1.165) is 55.6 Å². The maximum Gasteiger partial charge on any atom is 0.178 e. The summed E-state index contributed by atoms with van der Waals surface area (Å²) in [5.41, 5.74) is 3.59. The van der Waals surface area contributed by atoms with E-state index in [0.29, 0.717) is 23.0 Å². The van der Waals surface area contributed by atoms with Gasteiger partial charge in [0, 0.05) is 6.54 Å². The number of allylic oxidation sites excluding steroid dienone is 1. The number of nitriles is 1. The standard InChI is InChI=1S/C24H27FN2O2/c1-17(20-14-21(16-26)24(29-3)23(15-20)28-2)19-9-12-27(13-10-19)11-8-18-4-6-22(25)7-5-18/h4-7,14-15,19H,1,8-13H2,2-3H3. The molecule has 0 unspecified atom stereocenters. The third-order valence-electron chi connectivity index (χ3n) is 5.68. The van der Waals surface area contributed by atoms with Gasteiger partial charge in [0.25, 0.3) is 0 Å². The number of likely N-dealkylation sites (tertiary alicyclic amines) is 1. The van der Waals surface area contributed by atoms with Gasteiger partial charge in [0.1, 0.15) is 11.9 Å². The molecule has 1 heterocycles. The molecule has 0 radical (unpaired) electrons. The second kappa shape index (κ2) is 9.58. The zero-order valence-corrected chi connectivity index (χ0v) is 17.1. The zero-order valence-electron chi connectivity index (χ0n) is 17.1. The van der Waals surface area contributed by atoms with Crippen LogP contribution in [0.3, 0.4) is 0 Å². The quantitative estimate of drug-likeness (QED) is 0.684. The molecule has 152 valence electrons. The van der Waals surface area contributed by atoms with Crippen LogP contribution in [-0.4, -0.2) is 38.8 Å². The van der Waals surface area contributed by atoms with Crippen LogP contribution in [0.15, 0.2) is 43.0 Å². The van der Waals surface area contributed by atoms with Crippen molar-refractivity contribution < 1.29 is 13.9 Å². The van der Waals surface area contributed by atoms with Crippen molar-refractivity contribution in [3.05, 3.63) is 65.5 Å². The summed E-state index contributed by atoms with van der Waals surface area (Å²) >= 11 is 0. The molecule has 1 saturated heterocycles. The zero-order chi connectivity index (χ0) is 20.8. The van der Waals surface area contributed by atoms with Crippen LogP contribution >= 0.6 is 0 Å². The van der Waals surface area contributed by atoms with Crippen LogP contribution in [0.4, 0.5) is 4.39 Å². The molecule has 5 heteroatoms. The van der Waals surface area contributed by atoms with Gasteiger partial charge in [-0.25, -0.2) is 4.39 Å². The Hall–Kier alpha value is -2.84. The number of ether oxygens (including phenoxy) is 2. The van der Waals surface area contributed by atoms with Crippen molar-refractivity contribution in [1.82, 2.24) is 4.90 Å². The van der Waals surface area contributed by atoms with Gasteiger partial charge >= 0.3 is 0 Å². The van der Waals surface area contributed by atoms with Crippen molar-refractivity contribution in [2.75, 3.05) is 33.9 Å². The molecular formula is C24H27FN2O2. The molecule has 4 nitrogen and oxygen atoms in total. The Kier molecular flexibility index (Phi) is 6.90. The minimum Gasteiger partial charge on any atom is -0.493 e. The van der Waals surface area contributed by atoms with Crippen molar-refractivity contribution in [2.45, 2.75) is 19.3 Å². The first kappa shape index (κ1) is 20.9. The van der Waals surface area contributed by atoms with Crippen LogP contribution in [-0.2, 0) is 6.42 Å². The fourth-order valence-corrected chi connectivity index (χ4v) is 3.91. The first-order valence-corrected chi connectivity index (χ1v) is 9.87. The van der Waals surface area contributed by atoms with Gasteiger partial charge < -0.3 is 14.4 Å². The van der Waals surface area contributed by atoms with Gasteiger partial charge in [-0.15, -0.1) is 0 Å². The average Bonchev–Trinajstić information content (AvgIpc) is 2.77. The third-order valence-corrected chi connectivity index (χ3v) is 5.68. The van der Waals surface area contributed by atoms with Gasteiger partial charge in [-0.05, 0) is 79.2 Å². The van der Waals surface area contributed by atoms with Gasteiger partial charge in [-0.1, -0.05) is 18.7 Å². The van der Waals surface area contributed by atoms with E-state index >= 15 is 0 Å². The predicted molar refractivity (Wildman–Crippen MR) is 113 cm³/mol. The molecule has 0 N–H and O–H groups in total. The lowest BCUT2D eigenvalue weighted by molar-refractivity contribution is 0.209. The number of benzene rings is 2. The van der Waals surface area contributed by atoms with Gasteiger partial charge in [0.15, 0.2) is 11.5 Å². The van der Waals surface area contributed by atoms with E-state index in [2.05, 4.69) is 17.5 Å². The van der Waals surface area contributed by atoms with Gasteiger partial charge in [-0.2, -0.15) is 5.26 Å². The largest absolute Gasteiger partial charge is 0.493 e. The van der Waals surface area contributed by atoms with Crippen LogP contribution in [0.25, 0.3) is 5.57 Å². The average molecular weight is 394 g/mol. The summed E-state index contributed by atoms with van der Waals surface area (Å²) in [4.78, 5) is 2.45. The van der Waals surface area contributed by atoms with Gasteiger partial charge in [0.2, 0.25) is 0 Å². The molecule has 1 fully saturated rings. The molecule has 2 aromatic rings. The van der Waals surface area contributed by atoms with E-state index in [1.54, 1.807) is 7.11 Å². The Morgan fingerprint density at radius 3 is 2.45 bits per heavy atom. The topological polar surface area (TPSA) is 45.5 Å². The van der Waals surface area contributed by atoms with Crippen LogP contribution in [0.1, 0.15) is 29.5 Å². The number of nitrogens with zero attached hydrogens (tertiary/aromatic N) is 2. The highest BCUT2D eigenvalue weighted by molar-refractivity contribution is 5.71. The summed E-state index contributed by atoms with van der Waals surface area (Å²) in [6.45, 7) is 7.30. The number of methoxy groups -OCH3 is 2. The van der Waals surface area contributed by atoms with E-state index in [1.807, 2.05) is 24.3 Å². The molecule has 0 aliphatic carbocycles. The summed E-state index contributed by atoms with van der Waals surface area (Å²) in [6, 6.07) is 12.7. The molecule has 3 rings (SSSR count).